The summed E-state index contributed by atoms with van der Waals surface area (Å²) in [5.41, 5.74) is 1.28. The van der Waals surface area contributed by atoms with E-state index in [2.05, 4.69) is 46.7 Å². The number of benzene rings is 1. The van der Waals surface area contributed by atoms with Crippen molar-refractivity contribution in [1.82, 2.24) is 10.3 Å². The minimum absolute atomic E-state index is 0.472. The summed E-state index contributed by atoms with van der Waals surface area (Å²) in [6.07, 6.45) is 4.78. The molecule has 0 saturated heterocycles. The summed E-state index contributed by atoms with van der Waals surface area (Å²) >= 11 is 1.89. The van der Waals surface area contributed by atoms with Crippen LogP contribution in [0.4, 0.5) is 0 Å². The molecule has 0 aliphatic heterocycles. The second-order valence-electron chi connectivity index (χ2n) is 4.18. The van der Waals surface area contributed by atoms with E-state index in [4.69, 9.17) is 0 Å². The molecule has 94 valence electrons. The summed E-state index contributed by atoms with van der Waals surface area (Å²) < 4.78 is 0. The van der Waals surface area contributed by atoms with Gasteiger partial charge in [-0.3, -0.25) is 4.98 Å². The van der Waals surface area contributed by atoms with Crippen molar-refractivity contribution in [2.75, 3.05) is 12.8 Å². The molecule has 0 amide bonds. The fourth-order valence-electron chi connectivity index (χ4n) is 1.76. The van der Waals surface area contributed by atoms with Gasteiger partial charge < -0.3 is 5.32 Å². The SMILES string of the molecule is CNC(CSc1ccccc1)Cc1cccnc1. The van der Waals surface area contributed by atoms with Gasteiger partial charge in [-0.05, 0) is 37.2 Å². The molecular weight excluding hydrogens is 240 g/mol. The molecule has 0 saturated carbocycles. The predicted octanol–water partition coefficient (Wildman–Crippen LogP) is 3.00. The van der Waals surface area contributed by atoms with E-state index in [0.717, 1.165) is 12.2 Å². The van der Waals surface area contributed by atoms with Crippen molar-refractivity contribution in [1.29, 1.82) is 0 Å². The van der Waals surface area contributed by atoms with Gasteiger partial charge in [0.25, 0.3) is 0 Å². The zero-order valence-electron chi connectivity index (χ0n) is 10.5. The molecule has 1 aromatic heterocycles. The molecule has 0 aliphatic rings. The molecule has 1 N–H and O–H groups in total. The Hall–Kier alpha value is -1.32. The monoisotopic (exact) mass is 258 g/mol. The van der Waals surface area contributed by atoms with E-state index < -0.39 is 0 Å². The van der Waals surface area contributed by atoms with Crippen molar-refractivity contribution in [3.63, 3.8) is 0 Å². The van der Waals surface area contributed by atoms with E-state index >= 15 is 0 Å². The van der Waals surface area contributed by atoms with Crippen LogP contribution in [0.15, 0.2) is 59.8 Å². The first-order valence-electron chi connectivity index (χ1n) is 6.12. The summed E-state index contributed by atoms with van der Waals surface area (Å²) in [5.74, 6) is 1.06. The van der Waals surface area contributed by atoms with Gasteiger partial charge in [-0.15, -0.1) is 11.8 Å². The van der Waals surface area contributed by atoms with Gasteiger partial charge >= 0.3 is 0 Å². The Morgan fingerprint density at radius 2 is 2.00 bits per heavy atom. The standard InChI is InChI=1S/C15H18N2S/c1-16-14(10-13-6-5-9-17-11-13)12-18-15-7-3-2-4-8-15/h2-9,11,14,16H,10,12H2,1H3. The number of pyridine rings is 1. The number of rotatable bonds is 6. The highest BCUT2D eigenvalue weighted by Gasteiger charge is 2.07. The largest absolute Gasteiger partial charge is 0.316 e. The Kier molecular flexibility index (Phi) is 5.24. The first-order chi connectivity index (χ1) is 8.88. The molecule has 2 rings (SSSR count). The number of hydrogen-bond acceptors (Lipinski definition) is 3. The third-order valence-electron chi connectivity index (χ3n) is 2.81. The Balaban J connectivity index is 1.86. The Morgan fingerprint density at radius 3 is 2.67 bits per heavy atom. The van der Waals surface area contributed by atoms with E-state index in [0.29, 0.717) is 6.04 Å². The maximum atomic E-state index is 4.16. The highest BCUT2D eigenvalue weighted by molar-refractivity contribution is 7.99. The summed E-state index contributed by atoms with van der Waals surface area (Å²) in [6.45, 7) is 0. The van der Waals surface area contributed by atoms with Crippen LogP contribution in [0.3, 0.4) is 0 Å². The number of nitrogens with zero attached hydrogens (tertiary/aromatic N) is 1. The van der Waals surface area contributed by atoms with E-state index in [9.17, 15) is 0 Å². The topological polar surface area (TPSA) is 24.9 Å². The van der Waals surface area contributed by atoms with Crippen molar-refractivity contribution in [3.05, 3.63) is 60.4 Å². The van der Waals surface area contributed by atoms with Gasteiger partial charge in [0.05, 0.1) is 0 Å². The van der Waals surface area contributed by atoms with Crippen molar-refractivity contribution < 1.29 is 0 Å². The average molecular weight is 258 g/mol. The van der Waals surface area contributed by atoms with Gasteiger partial charge in [-0.25, -0.2) is 0 Å². The summed E-state index contributed by atoms with van der Waals surface area (Å²) in [6, 6.07) is 15.1. The summed E-state index contributed by atoms with van der Waals surface area (Å²) in [5, 5.41) is 3.37. The molecule has 2 nitrogen and oxygen atoms in total. The minimum Gasteiger partial charge on any atom is -0.316 e. The average Bonchev–Trinajstić information content (AvgIpc) is 2.45. The van der Waals surface area contributed by atoms with Gasteiger partial charge in [0.15, 0.2) is 0 Å². The van der Waals surface area contributed by atoms with E-state index in [1.807, 2.05) is 37.3 Å². The van der Waals surface area contributed by atoms with Crippen molar-refractivity contribution in [2.45, 2.75) is 17.4 Å². The van der Waals surface area contributed by atoms with E-state index in [1.165, 1.54) is 10.5 Å². The van der Waals surface area contributed by atoms with Crippen LogP contribution < -0.4 is 5.32 Å². The van der Waals surface area contributed by atoms with Gasteiger partial charge in [0.2, 0.25) is 0 Å². The predicted molar refractivity (Wildman–Crippen MR) is 78.0 cm³/mol. The van der Waals surface area contributed by atoms with Crippen LogP contribution in [0.25, 0.3) is 0 Å². The highest BCUT2D eigenvalue weighted by atomic mass is 32.2. The lowest BCUT2D eigenvalue weighted by Gasteiger charge is -2.15. The van der Waals surface area contributed by atoms with Gasteiger partial charge in [-0.1, -0.05) is 24.3 Å². The third-order valence-corrected chi connectivity index (χ3v) is 3.98. The number of hydrogen-bond donors (Lipinski definition) is 1. The van der Waals surface area contributed by atoms with Gasteiger partial charge in [-0.2, -0.15) is 0 Å². The van der Waals surface area contributed by atoms with Crippen molar-refractivity contribution in [2.24, 2.45) is 0 Å². The molecule has 0 radical (unpaired) electrons. The number of thioether (sulfide) groups is 1. The molecule has 1 unspecified atom stereocenters. The molecule has 3 heteroatoms. The molecular formula is C15H18N2S. The first-order valence-corrected chi connectivity index (χ1v) is 7.11. The molecule has 0 spiro atoms. The molecule has 1 aromatic carbocycles. The fraction of sp³-hybridized carbons (Fsp3) is 0.267. The summed E-state index contributed by atoms with van der Waals surface area (Å²) in [4.78, 5) is 5.48. The van der Waals surface area contributed by atoms with Crippen LogP contribution in [-0.2, 0) is 6.42 Å². The second kappa shape index (κ2) is 7.19. The number of nitrogens with one attached hydrogen (secondary N) is 1. The number of likely N-dealkylation sites (N-methyl/N-ethyl adjacent to an activating group) is 1. The first kappa shape index (κ1) is 13.1. The van der Waals surface area contributed by atoms with Crippen molar-refractivity contribution >= 4 is 11.8 Å². The van der Waals surface area contributed by atoms with E-state index in [-0.39, 0.29) is 0 Å². The second-order valence-corrected chi connectivity index (χ2v) is 5.27. The third kappa shape index (κ3) is 4.17. The maximum absolute atomic E-state index is 4.16. The molecule has 0 aliphatic carbocycles. The van der Waals surface area contributed by atoms with E-state index in [1.54, 1.807) is 0 Å². The summed E-state index contributed by atoms with van der Waals surface area (Å²) in [7, 11) is 2.02. The Labute approximate surface area is 113 Å². The zero-order chi connectivity index (χ0) is 12.6. The lowest BCUT2D eigenvalue weighted by atomic mass is 10.1. The highest BCUT2D eigenvalue weighted by Crippen LogP contribution is 2.18. The van der Waals surface area contributed by atoms with Crippen LogP contribution >= 0.6 is 11.8 Å². The van der Waals surface area contributed by atoms with Crippen LogP contribution in [-0.4, -0.2) is 23.8 Å². The van der Waals surface area contributed by atoms with Gasteiger partial charge in [0.1, 0.15) is 0 Å². The molecule has 1 heterocycles. The van der Waals surface area contributed by atoms with Crippen LogP contribution in [0.2, 0.25) is 0 Å². The lowest BCUT2D eigenvalue weighted by Crippen LogP contribution is -2.30. The molecule has 2 aromatic rings. The molecule has 0 fully saturated rings. The fourth-order valence-corrected chi connectivity index (χ4v) is 2.79. The van der Waals surface area contributed by atoms with Crippen LogP contribution in [0, 0.1) is 0 Å². The molecule has 0 bridgehead atoms. The van der Waals surface area contributed by atoms with Crippen LogP contribution in [0.1, 0.15) is 5.56 Å². The normalized spacial score (nSPS) is 12.3. The quantitative estimate of drug-likeness (QED) is 0.806. The maximum Gasteiger partial charge on any atom is 0.0300 e. The molecule has 18 heavy (non-hydrogen) atoms. The van der Waals surface area contributed by atoms with Gasteiger partial charge in [0, 0.05) is 29.1 Å². The zero-order valence-corrected chi connectivity index (χ0v) is 11.4. The smallest absolute Gasteiger partial charge is 0.0300 e. The minimum atomic E-state index is 0.472. The van der Waals surface area contributed by atoms with Crippen molar-refractivity contribution in [3.8, 4) is 0 Å². The Morgan fingerprint density at radius 1 is 1.17 bits per heavy atom. The molecule has 1 atom stereocenters. The lowest BCUT2D eigenvalue weighted by molar-refractivity contribution is 0.616. The number of aromatic nitrogens is 1. The van der Waals surface area contributed by atoms with Crippen LogP contribution in [0.5, 0.6) is 0 Å². The Bertz CT molecular complexity index is 445.